The van der Waals surface area contributed by atoms with Crippen LogP contribution in [0.2, 0.25) is 0 Å². The van der Waals surface area contributed by atoms with E-state index in [2.05, 4.69) is 75.4 Å². The van der Waals surface area contributed by atoms with Gasteiger partial charge in [-0.3, -0.25) is 0 Å². The number of rotatable bonds is 2. The maximum Gasteiger partial charge on any atom is 0.0649 e. The molecule has 0 aliphatic carbocycles. The van der Waals surface area contributed by atoms with Crippen LogP contribution in [-0.2, 0) is 0 Å². The van der Waals surface area contributed by atoms with Crippen LogP contribution in [-0.4, -0.2) is 4.08 Å². The first-order valence-electron chi connectivity index (χ1n) is 6.79. The maximum absolute atomic E-state index is 2.33. The van der Waals surface area contributed by atoms with Crippen LogP contribution in [0.3, 0.4) is 0 Å². The topological polar surface area (TPSA) is 0 Å². The minimum atomic E-state index is 0.262. The van der Waals surface area contributed by atoms with Gasteiger partial charge in [0.1, 0.15) is 0 Å². The molecule has 3 rings (SSSR count). The molecule has 0 unspecified atom stereocenters. The van der Waals surface area contributed by atoms with Gasteiger partial charge in [0.15, 0.2) is 0 Å². The zero-order chi connectivity index (χ0) is 14.2. The van der Waals surface area contributed by atoms with Gasteiger partial charge in [-0.15, -0.1) is 23.5 Å². The minimum absolute atomic E-state index is 0.262. The van der Waals surface area contributed by atoms with Crippen LogP contribution in [0, 0.1) is 0 Å². The van der Waals surface area contributed by atoms with Crippen LogP contribution >= 0.6 is 23.5 Å². The van der Waals surface area contributed by atoms with E-state index in [4.69, 9.17) is 0 Å². The van der Waals surface area contributed by atoms with E-state index in [0.29, 0.717) is 0 Å². The fourth-order valence-corrected chi connectivity index (χ4v) is 5.02. The highest BCUT2D eigenvalue weighted by atomic mass is 32.2. The Labute approximate surface area is 129 Å². The number of hydrogen-bond acceptors (Lipinski definition) is 2. The third-order valence-corrected chi connectivity index (χ3v) is 6.04. The average Bonchev–Trinajstić information content (AvgIpc) is 2.72. The van der Waals surface area contributed by atoms with Gasteiger partial charge < -0.3 is 0 Å². The first kappa shape index (κ1) is 13.8. The van der Waals surface area contributed by atoms with Crippen LogP contribution in [0.5, 0.6) is 0 Å². The molecule has 0 bridgehead atoms. The molecule has 0 radical (unpaired) electrons. The molecule has 1 aliphatic rings. The summed E-state index contributed by atoms with van der Waals surface area (Å²) in [4.78, 5) is 2.83. The summed E-state index contributed by atoms with van der Waals surface area (Å²) < 4.78 is 0.262. The molecule has 2 aromatic carbocycles. The Morgan fingerprint density at radius 2 is 1.65 bits per heavy atom. The van der Waals surface area contributed by atoms with Gasteiger partial charge in [0.05, 0.1) is 4.08 Å². The van der Waals surface area contributed by atoms with Crippen molar-refractivity contribution in [3.8, 4) is 0 Å². The Morgan fingerprint density at radius 3 is 2.40 bits per heavy atom. The molecular weight excluding hydrogens is 280 g/mol. The van der Waals surface area contributed by atoms with Crippen molar-refractivity contribution in [1.82, 2.24) is 0 Å². The lowest BCUT2D eigenvalue weighted by molar-refractivity contribution is 1.04. The van der Waals surface area contributed by atoms with E-state index < -0.39 is 0 Å². The van der Waals surface area contributed by atoms with Gasteiger partial charge in [-0.25, -0.2) is 0 Å². The summed E-state index contributed by atoms with van der Waals surface area (Å²) in [6.07, 6.45) is 2.25. The number of fused-ring (bicyclic) bond motifs is 1. The van der Waals surface area contributed by atoms with Crippen molar-refractivity contribution < 1.29 is 0 Å². The third-order valence-electron chi connectivity index (χ3n) is 3.29. The lowest BCUT2D eigenvalue weighted by Gasteiger charge is -2.12. The van der Waals surface area contributed by atoms with Gasteiger partial charge in [-0.2, -0.15) is 0 Å². The molecule has 0 amide bonds. The van der Waals surface area contributed by atoms with Crippen LogP contribution in [0.1, 0.15) is 31.9 Å². The summed E-state index contributed by atoms with van der Waals surface area (Å²) in [5, 5.41) is 0. The fraction of sp³-hybridized carbons (Fsp3) is 0.222. The van der Waals surface area contributed by atoms with Crippen molar-refractivity contribution >= 4 is 35.2 Å². The normalized spacial score (nSPS) is 17.1. The van der Waals surface area contributed by atoms with Gasteiger partial charge in [-0.05, 0) is 49.6 Å². The highest BCUT2D eigenvalue weighted by Crippen LogP contribution is 2.55. The molecule has 0 fully saturated rings. The summed E-state index contributed by atoms with van der Waals surface area (Å²) in [7, 11) is 0. The quantitative estimate of drug-likeness (QED) is 0.607. The minimum Gasteiger partial charge on any atom is -0.107 e. The zero-order valence-electron chi connectivity index (χ0n) is 12.0. The monoisotopic (exact) mass is 298 g/mol. The predicted octanol–water partition coefficient (Wildman–Crippen LogP) is 6.18. The van der Waals surface area contributed by atoms with Crippen molar-refractivity contribution in [2.45, 2.75) is 34.6 Å². The second-order valence-electron chi connectivity index (χ2n) is 5.50. The first-order chi connectivity index (χ1) is 9.53. The molecule has 1 heterocycles. The molecule has 0 spiro atoms. The maximum atomic E-state index is 2.33. The van der Waals surface area contributed by atoms with Gasteiger partial charge in [0, 0.05) is 9.79 Å². The van der Waals surface area contributed by atoms with Gasteiger partial charge >= 0.3 is 0 Å². The van der Waals surface area contributed by atoms with Gasteiger partial charge in [0.2, 0.25) is 0 Å². The number of benzene rings is 2. The largest absolute Gasteiger partial charge is 0.107 e. The van der Waals surface area contributed by atoms with E-state index in [1.165, 1.54) is 26.5 Å². The molecule has 0 saturated heterocycles. The van der Waals surface area contributed by atoms with Crippen LogP contribution < -0.4 is 0 Å². The van der Waals surface area contributed by atoms with E-state index in [1.807, 2.05) is 23.5 Å². The SMILES string of the molecule is CC(=Cc1ccccc1)c1ccc2c(c1)SC(C)(C)S2. The molecule has 1 aliphatic heterocycles. The Kier molecular flexibility index (Phi) is 3.70. The fourth-order valence-electron chi connectivity index (χ4n) is 2.35. The van der Waals surface area contributed by atoms with Crippen LogP contribution in [0.15, 0.2) is 58.3 Å². The van der Waals surface area contributed by atoms with Crippen molar-refractivity contribution in [3.63, 3.8) is 0 Å². The first-order valence-corrected chi connectivity index (χ1v) is 8.43. The van der Waals surface area contributed by atoms with Crippen LogP contribution in [0.25, 0.3) is 11.6 Å². The summed E-state index contributed by atoms with van der Waals surface area (Å²) in [6, 6.07) is 17.3. The molecule has 102 valence electrons. The Morgan fingerprint density at radius 1 is 0.950 bits per heavy atom. The van der Waals surface area contributed by atoms with Crippen LogP contribution in [0.4, 0.5) is 0 Å². The molecule has 0 aromatic heterocycles. The Bertz CT molecular complexity index is 654. The highest BCUT2D eigenvalue weighted by Gasteiger charge is 2.30. The lowest BCUT2D eigenvalue weighted by Crippen LogP contribution is -2.01. The lowest BCUT2D eigenvalue weighted by atomic mass is 10.0. The Hall–Kier alpha value is -1.12. The van der Waals surface area contributed by atoms with Crippen molar-refractivity contribution in [2.24, 2.45) is 0 Å². The van der Waals surface area contributed by atoms with E-state index in [1.54, 1.807) is 0 Å². The van der Waals surface area contributed by atoms with Crippen molar-refractivity contribution in [1.29, 1.82) is 0 Å². The summed E-state index contributed by atoms with van der Waals surface area (Å²) in [5.41, 5.74) is 3.89. The van der Waals surface area contributed by atoms with Crippen molar-refractivity contribution in [2.75, 3.05) is 0 Å². The molecule has 2 heteroatoms. The molecule has 0 saturated carbocycles. The standard InChI is InChI=1S/C18H18S2/c1-13(11-14-7-5-4-6-8-14)15-9-10-16-17(12-15)20-18(2,3)19-16/h4-12H,1-3H3. The van der Waals surface area contributed by atoms with E-state index in [0.717, 1.165) is 0 Å². The zero-order valence-corrected chi connectivity index (χ0v) is 13.6. The average molecular weight is 298 g/mol. The highest BCUT2D eigenvalue weighted by molar-refractivity contribution is 8.20. The molecule has 0 nitrogen and oxygen atoms in total. The van der Waals surface area contributed by atoms with Gasteiger partial charge in [0.25, 0.3) is 0 Å². The van der Waals surface area contributed by atoms with E-state index in [9.17, 15) is 0 Å². The molecule has 2 aromatic rings. The summed E-state index contributed by atoms with van der Waals surface area (Å²) in [6.45, 7) is 6.76. The summed E-state index contributed by atoms with van der Waals surface area (Å²) in [5.74, 6) is 0. The number of hydrogen-bond donors (Lipinski definition) is 0. The second-order valence-corrected chi connectivity index (χ2v) is 9.09. The van der Waals surface area contributed by atoms with Crippen molar-refractivity contribution in [3.05, 3.63) is 59.7 Å². The molecular formula is C18H18S2. The molecule has 0 N–H and O–H groups in total. The van der Waals surface area contributed by atoms with Gasteiger partial charge in [-0.1, -0.05) is 42.5 Å². The van der Waals surface area contributed by atoms with E-state index >= 15 is 0 Å². The molecule has 0 atom stereocenters. The third kappa shape index (κ3) is 2.97. The smallest absolute Gasteiger partial charge is 0.0649 e. The Balaban J connectivity index is 1.91. The second kappa shape index (κ2) is 5.34. The van der Waals surface area contributed by atoms with E-state index in [-0.39, 0.29) is 4.08 Å². The number of thioether (sulfide) groups is 2. The molecule has 20 heavy (non-hydrogen) atoms. The number of allylic oxidation sites excluding steroid dienone is 1. The predicted molar refractivity (Wildman–Crippen MR) is 92.2 cm³/mol. The summed E-state index contributed by atoms with van der Waals surface area (Å²) >= 11 is 3.93.